The van der Waals surface area contributed by atoms with Crippen molar-refractivity contribution in [2.45, 2.75) is 32.2 Å². The molecule has 4 rings (SSSR count). The van der Waals surface area contributed by atoms with E-state index in [0.717, 1.165) is 0 Å². The van der Waals surface area contributed by atoms with Crippen LogP contribution >= 0.6 is 0 Å². The van der Waals surface area contributed by atoms with Gasteiger partial charge in [0.1, 0.15) is 6.04 Å². The lowest BCUT2D eigenvalue weighted by atomic mass is 9.89. The molecule has 10 nitrogen and oxygen atoms in total. The Morgan fingerprint density at radius 2 is 1.92 bits per heavy atom. The van der Waals surface area contributed by atoms with Crippen LogP contribution in [0.15, 0.2) is 47.6 Å². The Labute approximate surface area is 223 Å². The molecule has 39 heavy (non-hydrogen) atoms. The lowest BCUT2D eigenvalue weighted by molar-refractivity contribution is -0.152. The van der Waals surface area contributed by atoms with Crippen LogP contribution in [0.4, 0.5) is 8.78 Å². The largest absolute Gasteiger partial charge is 0.464 e. The van der Waals surface area contributed by atoms with E-state index in [-0.39, 0.29) is 55.2 Å². The summed E-state index contributed by atoms with van der Waals surface area (Å²) in [6.07, 6.45) is 0.297. The predicted octanol–water partition coefficient (Wildman–Crippen LogP) is 4.03. The predicted molar refractivity (Wildman–Crippen MR) is 137 cm³/mol. The van der Waals surface area contributed by atoms with E-state index in [2.05, 4.69) is 15.3 Å². The first kappa shape index (κ1) is 28.0. The molecule has 1 N–H and O–H groups in total. The molecule has 12 heteroatoms. The number of amides is 2. The minimum atomic E-state index is -3.16. The number of nitrogens with zero attached hydrogens (tertiary/aromatic N) is 4. The SMILES string of the molecule is CCOC(=O)[C@@H]1C[C@](C)(COCCN=[N+]=[N-])CN1C(=O)CNC(=O)c1ccc2c(c1)-c1ccccc1C2(F)F. The monoisotopic (exact) mass is 541 g/mol. The van der Waals surface area contributed by atoms with Gasteiger partial charge in [0.15, 0.2) is 0 Å². The van der Waals surface area contributed by atoms with Gasteiger partial charge in [-0.05, 0) is 42.1 Å². The van der Waals surface area contributed by atoms with E-state index in [1.807, 2.05) is 6.92 Å². The fraction of sp³-hybridized carbons (Fsp3) is 0.444. The summed E-state index contributed by atoms with van der Waals surface area (Å²) < 4.78 is 40.4. The summed E-state index contributed by atoms with van der Waals surface area (Å²) in [5.74, 6) is -4.80. The molecule has 1 aliphatic heterocycles. The van der Waals surface area contributed by atoms with E-state index in [1.165, 1.54) is 29.2 Å². The standard InChI is InChI=1S/C27H29F2N5O5/c1-3-39-25(37)22-13-26(2,16-38-11-10-32-33-30)15-34(22)23(35)14-31-24(36)17-8-9-21-19(12-17)18-6-4-5-7-20(18)27(21,28)29/h4-9,12,22H,3,10-11,13-16H2,1-2H3,(H,31,36)/t22-,26-/m0/s1. The number of nitrogens with one attached hydrogen (secondary N) is 1. The van der Waals surface area contributed by atoms with Crippen LogP contribution in [0.2, 0.25) is 0 Å². The first-order valence-corrected chi connectivity index (χ1v) is 12.6. The van der Waals surface area contributed by atoms with Gasteiger partial charge in [0.05, 0.1) is 26.4 Å². The molecule has 2 aliphatic rings. The van der Waals surface area contributed by atoms with Crippen molar-refractivity contribution in [2.75, 3.05) is 39.5 Å². The molecule has 0 aromatic heterocycles. The molecular weight excluding hydrogens is 512 g/mol. The fourth-order valence-electron chi connectivity index (χ4n) is 5.13. The van der Waals surface area contributed by atoms with Gasteiger partial charge in [0, 0.05) is 40.1 Å². The highest BCUT2D eigenvalue weighted by atomic mass is 19.3. The molecule has 2 atom stereocenters. The Kier molecular flexibility index (Phi) is 8.17. The second kappa shape index (κ2) is 11.4. The highest BCUT2D eigenvalue weighted by molar-refractivity contribution is 5.99. The summed E-state index contributed by atoms with van der Waals surface area (Å²) in [6.45, 7) is 4.07. The summed E-state index contributed by atoms with van der Waals surface area (Å²) in [7, 11) is 0. The number of rotatable bonds is 10. The van der Waals surface area contributed by atoms with Crippen LogP contribution in [-0.2, 0) is 25.0 Å². The van der Waals surface area contributed by atoms with Gasteiger partial charge in [-0.2, -0.15) is 8.78 Å². The van der Waals surface area contributed by atoms with E-state index in [1.54, 1.807) is 25.1 Å². The third-order valence-corrected chi connectivity index (χ3v) is 6.92. The van der Waals surface area contributed by atoms with Gasteiger partial charge in [-0.1, -0.05) is 42.4 Å². The Morgan fingerprint density at radius 1 is 1.18 bits per heavy atom. The van der Waals surface area contributed by atoms with Crippen LogP contribution in [0.25, 0.3) is 21.6 Å². The van der Waals surface area contributed by atoms with Crippen molar-refractivity contribution in [3.63, 3.8) is 0 Å². The van der Waals surface area contributed by atoms with Crippen LogP contribution < -0.4 is 5.32 Å². The molecule has 2 amide bonds. The Morgan fingerprint density at radius 3 is 2.67 bits per heavy atom. The molecule has 0 spiro atoms. The first-order valence-electron chi connectivity index (χ1n) is 12.6. The third-order valence-electron chi connectivity index (χ3n) is 6.92. The van der Waals surface area contributed by atoms with Gasteiger partial charge in [0.25, 0.3) is 11.8 Å². The van der Waals surface area contributed by atoms with Crippen molar-refractivity contribution < 1.29 is 32.6 Å². The normalized spacial score (nSPS) is 20.5. The van der Waals surface area contributed by atoms with Gasteiger partial charge in [-0.25, -0.2) is 4.79 Å². The molecule has 2 aromatic carbocycles. The van der Waals surface area contributed by atoms with Crippen molar-refractivity contribution in [1.29, 1.82) is 0 Å². The second-order valence-electron chi connectivity index (χ2n) is 9.87. The van der Waals surface area contributed by atoms with Crippen LogP contribution in [0.3, 0.4) is 0 Å². The lowest BCUT2D eigenvalue weighted by Crippen LogP contribution is -2.46. The summed E-state index contributed by atoms with van der Waals surface area (Å²) >= 11 is 0. The average molecular weight is 542 g/mol. The van der Waals surface area contributed by atoms with Gasteiger partial charge < -0.3 is 19.7 Å². The minimum absolute atomic E-state index is 0.114. The molecule has 2 aromatic rings. The zero-order valence-electron chi connectivity index (χ0n) is 21.7. The highest BCUT2D eigenvalue weighted by Gasteiger charge is 2.47. The van der Waals surface area contributed by atoms with E-state index in [4.69, 9.17) is 15.0 Å². The highest BCUT2D eigenvalue weighted by Crippen LogP contribution is 2.50. The number of ether oxygens (including phenoxy) is 2. The maximum absolute atomic E-state index is 14.8. The van der Waals surface area contributed by atoms with Crippen LogP contribution in [0, 0.1) is 5.41 Å². The molecule has 1 fully saturated rings. The number of carbonyl (C=O) groups is 3. The van der Waals surface area contributed by atoms with Gasteiger partial charge in [-0.15, -0.1) is 0 Å². The smallest absolute Gasteiger partial charge is 0.328 e. The zero-order valence-corrected chi connectivity index (χ0v) is 21.7. The number of hydrogen-bond acceptors (Lipinski definition) is 6. The maximum atomic E-state index is 14.8. The van der Waals surface area contributed by atoms with Crippen LogP contribution in [0.1, 0.15) is 41.8 Å². The van der Waals surface area contributed by atoms with Crippen LogP contribution in [0.5, 0.6) is 0 Å². The molecule has 1 saturated heterocycles. The summed E-state index contributed by atoms with van der Waals surface area (Å²) in [5.41, 5.74) is 8.29. The van der Waals surface area contributed by atoms with Crippen molar-refractivity contribution in [3.05, 3.63) is 69.6 Å². The molecule has 1 heterocycles. The van der Waals surface area contributed by atoms with Crippen LogP contribution in [-0.4, -0.2) is 68.2 Å². The number of likely N-dealkylation sites (tertiary alicyclic amines) is 1. The summed E-state index contributed by atoms with van der Waals surface area (Å²) in [6, 6.07) is 9.24. The maximum Gasteiger partial charge on any atom is 0.328 e. The van der Waals surface area contributed by atoms with Gasteiger partial charge >= 0.3 is 5.97 Å². The van der Waals surface area contributed by atoms with Crippen molar-refractivity contribution in [2.24, 2.45) is 10.5 Å². The quantitative estimate of drug-likeness (QED) is 0.159. The van der Waals surface area contributed by atoms with E-state index >= 15 is 0 Å². The summed E-state index contributed by atoms with van der Waals surface area (Å²) in [5, 5.41) is 5.96. The topological polar surface area (TPSA) is 134 Å². The number of fused-ring (bicyclic) bond motifs is 3. The Hall–Kier alpha value is -4.02. The Balaban J connectivity index is 1.43. The number of hydrogen-bond donors (Lipinski definition) is 1. The van der Waals surface area contributed by atoms with E-state index in [0.29, 0.717) is 12.0 Å². The lowest BCUT2D eigenvalue weighted by Gasteiger charge is -2.25. The molecule has 0 bridgehead atoms. The number of benzene rings is 2. The van der Waals surface area contributed by atoms with Crippen molar-refractivity contribution in [3.8, 4) is 11.1 Å². The number of esters is 1. The fourth-order valence-corrected chi connectivity index (χ4v) is 5.13. The second-order valence-corrected chi connectivity index (χ2v) is 9.87. The number of azide groups is 1. The molecule has 1 aliphatic carbocycles. The van der Waals surface area contributed by atoms with Gasteiger partial charge in [0.2, 0.25) is 5.91 Å². The number of alkyl halides is 2. The van der Waals surface area contributed by atoms with E-state index < -0.39 is 41.7 Å². The average Bonchev–Trinajstić information content (AvgIpc) is 3.39. The minimum Gasteiger partial charge on any atom is -0.464 e. The zero-order chi connectivity index (χ0) is 28.2. The van der Waals surface area contributed by atoms with Crippen molar-refractivity contribution >= 4 is 17.8 Å². The molecule has 0 saturated carbocycles. The molecule has 0 unspecified atom stereocenters. The molecule has 0 radical (unpaired) electrons. The van der Waals surface area contributed by atoms with E-state index in [9.17, 15) is 23.2 Å². The number of halogens is 2. The van der Waals surface area contributed by atoms with Crippen molar-refractivity contribution in [1.82, 2.24) is 10.2 Å². The molecule has 206 valence electrons. The number of carbonyl (C=O) groups excluding carboxylic acids is 3. The molecular formula is C27H29F2N5O5. The Bertz CT molecular complexity index is 1330. The first-order chi connectivity index (χ1) is 18.6. The van der Waals surface area contributed by atoms with Gasteiger partial charge in [-0.3, -0.25) is 9.59 Å². The summed E-state index contributed by atoms with van der Waals surface area (Å²) in [4.78, 5) is 42.7. The third kappa shape index (κ3) is 5.71.